The molecule has 4 aliphatic rings. The van der Waals surface area contributed by atoms with Crippen molar-refractivity contribution in [1.82, 2.24) is 0 Å². The minimum absolute atomic E-state index is 0.0180. The Kier molecular flexibility index (Phi) is 2.22. The summed E-state index contributed by atoms with van der Waals surface area (Å²) in [6.45, 7) is 2.53. The van der Waals surface area contributed by atoms with Gasteiger partial charge in [-0.2, -0.15) is 10.2 Å². The fourth-order valence-corrected chi connectivity index (χ4v) is 6.79. The van der Waals surface area contributed by atoms with Crippen molar-refractivity contribution in [1.29, 1.82) is 0 Å². The summed E-state index contributed by atoms with van der Waals surface area (Å²) in [4.78, 5) is 0. The van der Waals surface area contributed by atoms with Crippen molar-refractivity contribution in [3.8, 4) is 0 Å². The van der Waals surface area contributed by atoms with Crippen LogP contribution in [0.1, 0.15) is 57.4 Å². The van der Waals surface area contributed by atoms with Crippen molar-refractivity contribution < 1.29 is 0 Å². The van der Waals surface area contributed by atoms with E-state index in [1.54, 1.807) is 0 Å². The Morgan fingerprint density at radius 1 is 0.905 bits per heavy atom. The van der Waals surface area contributed by atoms with E-state index in [0.29, 0.717) is 0 Å². The zero-order chi connectivity index (χ0) is 14.1. The normalized spacial score (nSPS) is 50.1. The molecule has 0 radical (unpaired) electrons. The molecule has 0 N–H and O–H groups in total. The van der Waals surface area contributed by atoms with Gasteiger partial charge in [0.25, 0.3) is 0 Å². The lowest BCUT2D eigenvalue weighted by molar-refractivity contribution is 0.0665. The number of hydrogen-bond acceptors (Lipinski definition) is 2. The predicted molar refractivity (Wildman–Crippen MR) is 83.1 cm³/mol. The quantitative estimate of drug-likeness (QED) is 0.684. The Morgan fingerprint density at radius 3 is 2.52 bits per heavy atom. The third kappa shape index (κ3) is 1.12. The van der Waals surface area contributed by atoms with Crippen LogP contribution < -0.4 is 0 Å². The first kappa shape index (κ1) is 12.4. The van der Waals surface area contributed by atoms with Crippen LogP contribution in [0.4, 0.5) is 0 Å². The summed E-state index contributed by atoms with van der Waals surface area (Å²) in [6.07, 6.45) is 9.42. The van der Waals surface area contributed by atoms with Gasteiger partial charge in [0.2, 0.25) is 0 Å². The molecule has 0 unspecified atom stereocenters. The molecule has 0 saturated heterocycles. The zero-order valence-corrected chi connectivity index (χ0v) is 12.9. The van der Waals surface area contributed by atoms with Gasteiger partial charge >= 0.3 is 0 Å². The third-order valence-corrected chi connectivity index (χ3v) is 7.55. The fourth-order valence-electron chi connectivity index (χ4n) is 6.79. The highest BCUT2D eigenvalue weighted by atomic mass is 15.3. The summed E-state index contributed by atoms with van der Waals surface area (Å²) in [5, 5.41) is 10.1. The number of hydrogen-bond donors (Lipinski definition) is 0. The van der Waals surface area contributed by atoms with Crippen LogP contribution in [0.25, 0.3) is 0 Å². The molecular weight excluding hydrogens is 256 g/mol. The molecule has 3 aliphatic carbocycles. The van der Waals surface area contributed by atoms with Crippen molar-refractivity contribution in [3.63, 3.8) is 0 Å². The van der Waals surface area contributed by atoms with Crippen LogP contribution in [0, 0.1) is 17.3 Å². The van der Waals surface area contributed by atoms with Crippen LogP contribution in [0.15, 0.2) is 40.6 Å². The second-order valence-electron chi connectivity index (χ2n) is 7.94. The second-order valence-corrected chi connectivity index (χ2v) is 7.94. The molecule has 0 spiro atoms. The average molecular weight is 280 g/mol. The molecule has 2 heteroatoms. The van der Waals surface area contributed by atoms with Crippen LogP contribution in [0.5, 0.6) is 0 Å². The van der Waals surface area contributed by atoms with Crippen molar-refractivity contribution in [2.45, 2.75) is 62.9 Å². The highest BCUT2D eigenvalue weighted by Crippen LogP contribution is 2.77. The average Bonchev–Trinajstić information content (AvgIpc) is 3.15. The summed E-state index contributed by atoms with van der Waals surface area (Å²) in [6, 6.07) is 11.1. The molecule has 3 saturated carbocycles. The highest BCUT2D eigenvalue weighted by Gasteiger charge is 2.79. The number of nitrogens with zero attached hydrogens (tertiary/aromatic N) is 2. The summed E-state index contributed by atoms with van der Waals surface area (Å²) < 4.78 is 0. The summed E-state index contributed by atoms with van der Waals surface area (Å²) in [5.41, 5.74) is 1.85. The molecule has 1 heterocycles. The molecule has 1 aromatic carbocycles. The number of fused-ring (bicyclic) bond motifs is 2. The van der Waals surface area contributed by atoms with Crippen LogP contribution >= 0.6 is 0 Å². The first-order valence-corrected chi connectivity index (χ1v) is 8.74. The standard InChI is InChI=1S/C19H24N2/c1-17-12-5-6-13-18(17)15-10-7-11-16(15)19(17,21-20-18)14-8-3-2-4-9-14/h2-4,8-9,15-16H,5-7,10-13H2,1H3/t15-,16+,17-,18-,19+/m0/s1. The first-order valence-electron chi connectivity index (χ1n) is 8.74. The lowest BCUT2D eigenvalue weighted by Crippen LogP contribution is -2.50. The maximum Gasteiger partial charge on any atom is 0.117 e. The maximum absolute atomic E-state index is 5.08. The second kappa shape index (κ2) is 3.77. The number of rotatable bonds is 1. The van der Waals surface area contributed by atoms with E-state index >= 15 is 0 Å². The van der Waals surface area contributed by atoms with E-state index in [2.05, 4.69) is 37.3 Å². The lowest BCUT2D eigenvalue weighted by atomic mass is 9.56. The van der Waals surface area contributed by atoms with Crippen LogP contribution in [-0.2, 0) is 5.54 Å². The minimum atomic E-state index is -0.0180. The molecule has 1 aliphatic heterocycles. The zero-order valence-electron chi connectivity index (χ0n) is 12.9. The summed E-state index contributed by atoms with van der Waals surface area (Å²) in [5.74, 6) is 1.53. The SMILES string of the molecule is C[C@]12CCCC[C@@]13N=N[C@]2(c1ccccc1)[C@@H]1CCC[C@@H]13. The Labute approximate surface area is 127 Å². The Bertz CT molecular complexity index is 609. The van der Waals surface area contributed by atoms with Crippen molar-refractivity contribution in [3.05, 3.63) is 35.9 Å². The van der Waals surface area contributed by atoms with Gasteiger partial charge in [0.05, 0.1) is 5.54 Å². The van der Waals surface area contributed by atoms with Gasteiger partial charge in [0, 0.05) is 5.41 Å². The van der Waals surface area contributed by atoms with Gasteiger partial charge in [-0.15, -0.1) is 0 Å². The maximum atomic E-state index is 5.08. The summed E-state index contributed by atoms with van der Waals surface area (Å²) in [7, 11) is 0. The molecule has 5 atom stereocenters. The molecule has 21 heavy (non-hydrogen) atoms. The Morgan fingerprint density at radius 2 is 1.67 bits per heavy atom. The fraction of sp³-hybridized carbons (Fsp3) is 0.684. The van der Waals surface area contributed by atoms with Gasteiger partial charge in [-0.25, -0.2) is 0 Å². The molecule has 5 rings (SSSR count). The monoisotopic (exact) mass is 280 g/mol. The van der Waals surface area contributed by atoms with Crippen molar-refractivity contribution in [2.75, 3.05) is 0 Å². The molecule has 2 nitrogen and oxygen atoms in total. The van der Waals surface area contributed by atoms with Gasteiger partial charge in [0.1, 0.15) is 5.54 Å². The van der Waals surface area contributed by atoms with Crippen LogP contribution in [-0.4, -0.2) is 5.54 Å². The smallest absolute Gasteiger partial charge is 0.117 e. The summed E-state index contributed by atoms with van der Waals surface area (Å²) >= 11 is 0. The molecule has 110 valence electrons. The topological polar surface area (TPSA) is 24.7 Å². The lowest BCUT2D eigenvalue weighted by Gasteiger charge is -2.47. The van der Waals surface area contributed by atoms with E-state index in [-0.39, 0.29) is 16.5 Å². The Balaban J connectivity index is 1.79. The molecule has 0 amide bonds. The molecule has 3 fully saturated rings. The molecule has 2 bridgehead atoms. The van der Waals surface area contributed by atoms with Gasteiger partial charge in [-0.3, -0.25) is 0 Å². The predicted octanol–water partition coefficient (Wildman–Crippen LogP) is 5.10. The molecule has 1 aromatic rings. The minimum Gasteiger partial charge on any atom is -0.185 e. The number of benzene rings is 1. The van der Waals surface area contributed by atoms with Crippen LogP contribution in [0.2, 0.25) is 0 Å². The van der Waals surface area contributed by atoms with E-state index in [1.165, 1.54) is 50.5 Å². The van der Waals surface area contributed by atoms with E-state index in [4.69, 9.17) is 10.2 Å². The highest BCUT2D eigenvalue weighted by molar-refractivity contribution is 5.41. The van der Waals surface area contributed by atoms with Gasteiger partial charge < -0.3 is 0 Å². The number of azo groups is 1. The third-order valence-electron chi connectivity index (χ3n) is 7.55. The van der Waals surface area contributed by atoms with Gasteiger partial charge in [0.15, 0.2) is 0 Å². The molecule has 0 aromatic heterocycles. The van der Waals surface area contributed by atoms with E-state index in [0.717, 1.165) is 11.8 Å². The van der Waals surface area contributed by atoms with Gasteiger partial charge in [-0.05, 0) is 43.1 Å². The van der Waals surface area contributed by atoms with Gasteiger partial charge in [-0.1, -0.05) is 56.5 Å². The first-order chi connectivity index (χ1) is 10.2. The van der Waals surface area contributed by atoms with E-state index in [1.807, 2.05) is 0 Å². The molecular formula is C19H24N2. The van der Waals surface area contributed by atoms with Crippen molar-refractivity contribution >= 4 is 0 Å². The largest absolute Gasteiger partial charge is 0.185 e. The van der Waals surface area contributed by atoms with Crippen LogP contribution in [0.3, 0.4) is 0 Å². The van der Waals surface area contributed by atoms with E-state index in [9.17, 15) is 0 Å². The van der Waals surface area contributed by atoms with Crippen molar-refractivity contribution in [2.24, 2.45) is 27.5 Å². The van der Waals surface area contributed by atoms with E-state index < -0.39 is 0 Å². The Hall–Kier alpha value is -1.18.